The zero-order valence-electron chi connectivity index (χ0n) is 17.5. The lowest BCUT2D eigenvalue weighted by Crippen LogP contribution is -2.35. The third-order valence-corrected chi connectivity index (χ3v) is 7.53. The van der Waals surface area contributed by atoms with Crippen LogP contribution in [0.2, 0.25) is 0 Å². The van der Waals surface area contributed by atoms with Gasteiger partial charge in [-0.05, 0) is 86.0 Å². The highest BCUT2D eigenvalue weighted by Crippen LogP contribution is 2.37. The molecule has 1 heterocycles. The van der Waals surface area contributed by atoms with Crippen molar-refractivity contribution in [3.8, 4) is 0 Å². The minimum absolute atomic E-state index is 0.00791. The van der Waals surface area contributed by atoms with Gasteiger partial charge in [-0.15, -0.1) is 0 Å². The van der Waals surface area contributed by atoms with Gasteiger partial charge in [0.2, 0.25) is 0 Å². The number of carbonyl (C=O) groups is 1. The molecule has 166 valence electrons. The van der Waals surface area contributed by atoms with E-state index in [1.807, 2.05) is 0 Å². The quantitative estimate of drug-likeness (QED) is 0.611. The van der Waals surface area contributed by atoms with Crippen LogP contribution in [0.25, 0.3) is 0 Å². The number of nitrogens with one attached hydrogen (secondary N) is 1. The minimum atomic E-state index is -3.87. The zero-order chi connectivity index (χ0) is 23.0. The average Bonchev–Trinajstić information content (AvgIpc) is 3.10. The van der Waals surface area contributed by atoms with Gasteiger partial charge in [-0.25, -0.2) is 17.2 Å². The van der Waals surface area contributed by atoms with E-state index in [9.17, 15) is 22.0 Å². The van der Waals surface area contributed by atoms with Gasteiger partial charge < -0.3 is 5.32 Å². The van der Waals surface area contributed by atoms with Crippen LogP contribution in [0.3, 0.4) is 0 Å². The highest BCUT2D eigenvalue weighted by molar-refractivity contribution is 7.92. The summed E-state index contributed by atoms with van der Waals surface area (Å²) in [5.74, 6) is -1.17. The topological polar surface area (TPSA) is 66.5 Å². The van der Waals surface area contributed by atoms with Crippen molar-refractivity contribution in [2.45, 2.75) is 37.2 Å². The Balaban J connectivity index is 1.57. The Morgan fingerprint density at radius 3 is 2.22 bits per heavy atom. The zero-order valence-corrected chi connectivity index (χ0v) is 18.4. The number of hydrogen-bond donors (Lipinski definition) is 1. The van der Waals surface area contributed by atoms with E-state index in [2.05, 4.69) is 5.32 Å². The first-order valence-electron chi connectivity index (χ1n) is 10.2. The number of carbonyl (C=O) groups excluding carboxylic acids is 1. The maximum absolute atomic E-state index is 13.2. The van der Waals surface area contributed by atoms with Crippen LogP contribution in [0.15, 0.2) is 71.6 Å². The molecule has 0 radical (unpaired) electrons. The summed E-state index contributed by atoms with van der Waals surface area (Å²) in [4.78, 5) is 12.8. The van der Waals surface area contributed by atoms with E-state index in [1.165, 1.54) is 28.6 Å². The summed E-state index contributed by atoms with van der Waals surface area (Å²) in [6.07, 6.45) is 0.449. The highest BCUT2D eigenvalue weighted by Gasteiger charge is 2.36. The molecule has 0 aliphatic carbocycles. The van der Waals surface area contributed by atoms with Gasteiger partial charge in [0.05, 0.1) is 16.6 Å². The van der Waals surface area contributed by atoms with Crippen molar-refractivity contribution in [3.05, 3.63) is 95.1 Å². The van der Waals surface area contributed by atoms with Gasteiger partial charge in [0, 0.05) is 11.6 Å². The number of rotatable bonds is 5. The Hall–Kier alpha value is -3.26. The molecule has 0 fully saturated rings. The molecule has 2 atom stereocenters. The molecule has 0 saturated carbocycles. The summed E-state index contributed by atoms with van der Waals surface area (Å²) in [7, 11) is -3.87. The first-order valence-corrected chi connectivity index (χ1v) is 11.6. The van der Waals surface area contributed by atoms with Crippen molar-refractivity contribution in [2.75, 3.05) is 4.31 Å². The van der Waals surface area contributed by atoms with Gasteiger partial charge in [0.25, 0.3) is 15.9 Å². The fourth-order valence-corrected chi connectivity index (χ4v) is 5.64. The Kier molecular flexibility index (Phi) is 5.73. The fourth-order valence-electron chi connectivity index (χ4n) is 3.95. The van der Waals surface area contributed by atoms with E-state index < -0.39 is 15.8 Å². The lowest BCUT2D eigenvalue weighted by molar-refractivity contribution is 0.0940. The fraction of sp³-hybridized carbons (Fsp3) is 0.208. The molecule has 1 amide bonds. The molecule has 32 heavy (non-hydrogen) atoms. The molecule has 0 bridgehead atoms. The molecule has 8 heteroatoms. The SMILES string of the molecule is C[C@H](NC(=O)c1ccc2c(c1)C[C@H](C)N2S(=O)(=O)c1ccc(F)cc1)c1ccc(F)cc1. The molecule has 4 rings (SSSR count). The van der Waals surface area contributed by atoms with Crippen LogP contribution < -0.4 is 9.62 Å². The largest absolute Gasteiger partial charge is 0.346 e. The number of fused-ring (bicyclic) bond motifs is 1. The van der Waals surface area contributed by atoms with E-state index in [0.717, 1.165) is 23.3 Å². The number of hydrogen-bond acceptors (Lipinski definition) is 3. The van der Waals surface area contributed by atoms with E-state index in [1.54, 1.807) is 44.2 Å². The number of sulfonamides is 1. The first-order chi connectivity index (χ1) is 15.2. The number of halogens is 2. The highest BCUT2D eigenvalue weighted by atomic mass is 32.2. The van der Waals surface area contributed by atoms with E-state index in [0.29, 0.717) is 17.7 Å². The predicted molar refractivity (Wildman–Crippen MR) is 118 cm³/mol. The van der Waals surface area contributed by atoms with E-state index in [4.69, 9.17) is 0 Å². The Bertz CT molecular complexity index is 1260. The lowest BCUT2D eigenvalue weighted by Gasteiger charge is -2.24. The van der Waals surface area contributed by atoms with Crippen LogP contribution >= 0.6 is 0 Å². The van der Waals surface area contributed by atoms with Crippen LogP contribution in [0.5, 0.6) is 0 Å². The molecule has 0 unspecified atom stereocenters. The van der Waals surface area contributed by atoms with E-state index in [-0.39, 0.29) is 28.7 Å². The second kappa shape index (κ2) is 8.35. The molecule has 1 aliphatic rings. The summed E-state index contributed by atoms with van der Waals surface area (Å²) in [6.45, 7) is 3.59. The van der Waals surface area contributed by atoms with Gasteiger partial charge in [-0.2, -0.15) is 0 Å². The molecule has 0 spiro atoms. The molecule has 1 aliphatic heterocycles. The Morgan fingerprint density at radius 2 is 1.59 bits per heavy atom. The third kappa shape index (κ3) is 4.10. The van der Waals surface area contributed by atoms with Crippen molar-refractivity contribution in [3.63, 3.8) is 0 Å². The van der Waals surface area contributed by atoms with Gasteiger partial charge in [-0.1, -0.05) is 12.1 Å². The smallest absolute Gasteiger partial charge is 0.264 e. The van der Waals surface area contributed by atoms with Crippen LogP contribution in [0.4, 0.5) is 14.5 Å². The van der Waals surface area contributed by atoms with Gasteiger partial charge in [0.1, 0.15) is 11.6 Å². The lowest BCUT2D eigenvalue weighted by atomic mass is 10.0. The van der Waals surface area contributed by atoms with Crippen molar-refractivity contribution in [1.29, 1.82) is 0 Å². The molecule has 0 aromatic heterocycles. The van der Waals surface area contributed by atoms with E-state index >= 15 is 0 Å². The van der Waals surface area contributed by atoms with Gasteiger partial charge in [0.15, 0.2) is 0 Å². The van der Waals surface area contributed by atoms with Crippen LogP contribution in [0, 0.1) is 11.6 Å². The number of amides is 1. The van der Waals surface area contributed by atoms with Crippen LogP contribution in [-0.2, 0) is 16.4 Å². The van der Waals surface area contributed by atoms with Crippen molar-refractivity contribution in [1.82, 2.24) is 5.32 Å². The summed E-state index contributed by atoms with van der Waals surface area (Å²) >= 11 is 0. The summed E-state index contributed by atoms with van der Waals surface area (Å²) < 4.78 is 54.0. The van der Waals surface area contributed by atoms with Crippen molar-refractivity contribution in [2.24, 2.45) is 0 Å². The standard InChI is InChI=1S/C24H22F2N2O3S/c1-15-13-19-14-18(24(29)27-16(2)17-3-6-20(25)7-4-17)5-12-23(19)28(15)32(30,31)22-10-8-21(26)9-11-22/h3-12,14-16H,13H2,1-2H3,(H,27,29)/t15-,16-/m0/s1. The molecule has 3 aromatic rings. The maximum Gasteiger partial charge on any atom is 0.264 e. The molecule has 1 N–H and O–H groups in total. The Labute approximate surface area is 185 Å². The number of anilines is 1. The van der Waals surface area contributed by atoms with Crippen molar-refractivity contribution < 1.29 is 22.0 Å². The van der Waals surface area contributed by atoms with Gasteiger partial charge >= 0.3 is 0 Å². The minimum Gasteiger partial charge on any atom is -0.346 e. The second-order valence-corrected chi connectivity index (χ2v) is 9.71. The van der Waals surface area contributed by atoms with Gasteiger partial charge in [-0.3, -0.25) is 9.10 Å². The molecule has 0 saturated heterocycles. The number of benzene rings is 3. The molecular weight excluding hydrogens is 434 g/mol. The predicted octanol–water partition coefficient (Wildman–Crippen LogP) is 4.60. The summed E-state index contributed by atoms with van der Waals surface area (Å²) in [6, 6.07) is 14.8. The van der Waals surface area contributed by atoms with Crippen molar-refractivity contribution >= 4 is 21.6 Å². The maximum atomic E-state index is 13.2. The average molecular weight is 457 g/mol. The third-order valence-electron chi connectivity index (χ3n) is 5.58. The molecule has 5 nitrogen and oxygen atoms in total. The second-order valence-electron chi connectivity index (χ2n) is 7.90. The monoisotopic (exact) mass is 456 g/mol. The molecular formula is C24H22F2N2O3S. The Morgan fingerprint density at radius 1 is 1.00 bits per heavy atom. The number of nitrogens with zero attached hydrogens (tertiary/aromatic N) is 1. The van der Waals surface area contributed by atoms with Crippen LogP contribution in [0.1, 0.15) is 41.4 Å². The summed E-state index contributed by atoms with van der Waals surface area (Å²) in [5, 5.41) is 2.88. The molecule has 3 aromatic carbocycles. The summed E-state index contributed by atoms with van der Waals surface area (Å²) in [5.41, 5.74) is 2.42. The van der Waals surface area contributed by atoms with Crippen LogP contribution in [-0.4, -0.2) is 20.4 Å². The normalized spacial score (nSPS) is 16.5. The first kappa shape index (κ1) is 22.0.